The summed E-state index contributed by atoms with van der Waals surface area (Å²) in [5.41, 5.74) is -1.27. The van der Waals surface area contributed by atoms with Gasteiger partial charge in [-0.05, 0) is 63.8 Å². The topological polar surface area (TPSA) is 93.7 Å². The second-order valence-corrected chi connectivity index (χ2v) is 12.2. The largest absolute Gasteiger partial charge is 0.465 e. The maximum absolute atomic E-state index is 13.1. The van der Waals surface area contributed by atoms with E-state index in [0.29, 0.717) is 45.6 Å². The summed E-state index contributed by atoms with van der Waals surface area (Å²) in [6.45, 7) is 9.00. The first kappa shape index (κ1) is 33.4. The highest BCUT2D eigenvalue weighted by Crippen LogP contribution is 2.29. The first-order chi connectivity index (χ1) is 18.3. The lowest BCUT2D eigenvalue weighted by Gasteiger charge is -2.27. The number of carbonyl (C=O) groups is 2. The van der Waals surface area contributed by atoms with Gasteiger partial charge in [0.05, 0.1) is 29.6 Å². The molecule has 1 aliphatic rings. The Labute approximate surface area is 232 Å². The van der Waals surface area contributed by atoms with Crippen molar-refractivity contribution in [3.05, 3.63) is 29.8 Å². The van der Waals surface area contributed by atoms with Gasteiger partial charge in [-0.25, -0.2) is 8.93 Å². The van der Waals surface area contributed by atoms with Gasteiger partial charge in [-0.1, -0.05) is 33.1 Å². The number of Topliss-reactive ketones (excluding diaryl/α,β-unsaturated/α-hetero) is 1. The van der Waals surface area contributed by atoms with Crippen LogP contribution in [0.15, 0.2) is 29.2 Å². The number of halogens is 3. The van der Waals surface area contributed by atoms with Crippen molar-refractivity contribution in [2.45, 2.75) is 95.4 Å². The number of ether oxygens (including phenoxy) is 2. The van der Waals surface area contributed by atoms with Crippen LogP contribution in [0.25, 0.3) is 0 Å². The number of benzene rings is 1. The fourth-order valence-corrected chi connectivity index (χ4v) is 5.34. The fraction of sp³-hybridized carbons (Fsp3) is 0.714. The van der Waals surface area contributed by atoms with E-state index >= 15 is 0 Å². The molecule has 1 fully saturated rings. The number of ketones is 1. The van der Waals surface area contributed by atoms with Crippen molar-refractivity contribution in [2.24, 2.45) is 11.8 Å². The Morgan fingerprint density at radius 2 is 1.62 bits per heavy atom. The van der Waals surface area contributed by atoms with Crippen molar-refractivity contribution < 1.29 is 36.4 Å². The molecule has 1 aliphatic heterocycles. The summed E-state index contributed by atoms with van der Waals surface area (Å²) >= 11 is 0. The zero-order chi connectivity index (χ0) is 29.1. The average Bonchev–Trinajstić information content (AvgIpc) is 2.89. The highest BCUT2D eigenvalue weighted by molar-refractivity contribution is 7.83. The maximum Gasteiger partial charge on any atom is 0.416 e. The number of rotatable bonds is 9. The Morgan fingerprint density at radius 1 is 0.974 bits per heavy atom. The third-order valence-electron chi connectivity index (χ3n) is 6.90. The van der Waals surface area contributed by atoms with Gasteiger partial charge in [0.2, 0.25) is 0 Å². The van der Waals surface area contributed by atoms with Gasteiger partial charge in [-0.2, -0.15) is 13.2 Å². The molecule has 1 heterocycles. The molecule has 1 saturated heterocycles. The van der Waals surface area contributed by atoms with Gasteiger partial charge in [0.25, 0.3) is 0 Å². The summed E-state index contributed by atoms with van der Waals surface area (Å²) in [5.74, 6) is -0.401. The second-order valence-electron chi connectivity index (χ2n) is 10.9. The maximum atomic E-state index is 13.1. The SMILES string of the molecule is CC1CCCCCC(OCCNC(C)(C)CNS(=O)c2ccc(C(F)(F)F)cc2)C(=O)C(C)CCCOC1=O. The molecule has 7 nitrogen and oxygen atoms in total. The van der Waals surface area contributed by atoms with Crippen LogP contribution < -0.4 is 10.0 Å². The number of esters is 1. The first-order valence-electron chi connectivity index (χ1n) is 13.7. The molecule has 0 spiro atoms. The Morgan fingerprint density at radius 3 is 2.28 bits per heavy atom. The summed E-state index contributed by atoms with van der Waals surface area (Å²) in [5, 5.41) is 3.32. The van der Waals surface area contributed by atoms with E-state index in [2.05, 4.69) is 10.0 Å². The van der Waals surface area contributed by atoms with Crippen molar-refractivity contribution in [3.8, 4) is 0 Å². The molecular weight excluding hydrogens is 533 g/mol. The van der Waals surface area contributed by atoms with Crippen molar-refractivity contribution in [3.63, 3.8) is 0 Å². The van der Waals surface area contributed by atoms with Crippen LogP contribution in [0.4, 0.5) is 13.2 Å². The summed E-state index contributed by atoms with van der Waals surface area (Å²) in [4.78, 5) is 25.3. The van der Waals surface area contributed by atoms with Gasteiger partial charge < -0.3 is 14.8 Å². The predicted molar refractivity (Wildman–Crippen MR) is 144 cm³/mol. The summed E-state index contributed by atoms with van der Waals surface area (Å²) in [6, 6.07) is 4.24. The molecule has 0 aromatic heterocycles. The van der Waals surface area contributed by atoms with Crippen molar-refractivity contribution >= 4 is 22.7 Å². The highest BCUT2D eigenvalue weighted by Gasteiger charge is 2.30. The van der Waals surface area contributed by atoms with Gasteiger partial charge in [0, 0.05) is 24.5 Å². The molecule has 0 aliphatic carbocycles. The smallest absolute Gasteiger partial charge is 0.416 e. The third-order valence-corrected chi connectivity index (χ3v) is 8.01. The lowest BCUT2D eigenvalue weighted by atomic mass is 9.93. The quantitative estimate of drug-likeness (QED) is 0.310. The molecule has 0 bridgehead atoms. The Bertz CT molecular complexity index is 940. The van der Waals surface area contributed by atoms with Crippen molar-refractivity contribution in [1.82, 2.24) is 10.0 Å². The lowest BCUT2D eigenvalue weighted by molar-refractivity contribution is -0.148. The fourth-order valence-electron chi connectivity index (χ4n) is 4.30. The number of nitrogens with one attached hydrogen (secondary N) is 2. The Balaban J connectivity index is 1.81. The minimum atomic E-state index is -4.44. The molecule has 222 valence electrons. The van der Waals surface area contributed by atoms with E-state index in [1.54, 1.807) is 0 Å². The van der Waals surface area contributed by atoms with Gasteiger partial charge in [-0.15, -0.1) is 0 Å². The van der Waals surface area contributed by atoms with Crippen LogP contribution in [0.1, 0.15) is 78.2 Å². The van der Waals surface area contributed by atoms with E-state index in [9.17, 15) is 27.0 Å². The van der Waals surface area contributed by atoms with Crippen LogP contribution >= 0.6 is 0 Å². The normalized spacial score (nSPS) is 23.6. The van der Waals surface area contributed by atoms with Gasteiger partial charge in [0.1, 0.15) is 17.1 Å². The van der Waals surface area contributed by atoms with Crippen molar-refractivity contribution in [2.75, 3.05) is 26.3 Å². The van der Waals surface area contributed by atoms with Gasteiger partial charge >= 0.3 is 12.1 Å². The van der Waals surface area contributed by atoms with E-state index in [4.69, 9.17) is 9.47 Å². The van der Waals surface area contributed by atoms with Gasteiger partial charge in [0.15, 0.2) is 5.78 Å². The van der Waals surface area contributed by atoms with E-state index < -0.39 is 34.4 Å². The minimum absolute atomic E-state index is 0.0691. The summed E-state index contributed by atoms with van der Waals surface area (Å²) < 4.78 is 64.9. The third kappa shape index (κ3) is 12.1. The van der Waals surface area contributed by atoms with Crippen LogP contribution in [0.5, 0.6) is 0 Å². The second kappa shape index (κ2) is 15.8. The lowest BCUT2D eigenvalue weighted by Crippen LogP contribution is -2.49. The monoisotopic (exact) mass is 576 g/mol. The zero-order valence-corrected chi connectivity index (χ0v) is 24.2. The van der Waals surface area contributed by atoms with Gasteiger partial charge in [-0.3, -0.25) is 9.59 Å². The number of hydrogen-bond acceptors (Lipinski definition) is 6. The van der Waals surface area contributed by atoms with Crippen LogP contribution in [-0.4, -0.2) is 53.9 Å². The Hall–Kier alpha value is -1.82. The number of alkyl halides is 3. The summed E-state index contributed by atoms with van der Waals surface area (Å²) in [7, 11) is -1.66. The number of hydrogen-bond donors (Lipinski definition) is 2. The number of carbonyl (C=O) groups excluding carboxylic acids is 2. The first-order valence-corrected chi connectivity index (χ1v) is 14.8. The molecule has 4 unspecified atom stereocenters. The molecule has 0 radical (unpaired) electrons. The molecule has 0 saturated carbocycles. The zero-order valence-electron chi connectivity index (χ0n) is 23.4. The Kier molecular flexibility index (Phi) is 13.6. The van der Waals surface area contributed by atoms with Crippen LogP contribution in [0, 0.1) is 11.8 Å². The van der Waals surface area contributed by atoms with E-state index in [0.717, 1.165) is 37.8 Å². The van der Waals surface area contributed by atoms with E-state index in [1.165, 1.54) is 12.1 Å². The number of cyclic esters (lactones) is 1. The molecule has 2 rings (SSSR count). The van der Waals surface area contributed by atoms with Crippen molar-refractivity contribution in [1.29, 1.82) is 0 Å². The van der Waals surface area contributed by atoms with E-state index in [-0.39, 0.29) is 28.5 Å². The van der Waals surface area contributed by atoms with Crippen LogP contribution in [0.3, 0.4) is 0 Å². The molecule has 0 amide bonds. The molecule has 2 N–H and O–H groups in total. The standard InChI is InChI=1S/C28H43F3N2O5S/c1-20-10-8-17-38-26(35)21(2)9-6-5-7-11-24(25(20)34)37-18-16-32-27(3,4)19-33-39(36)23-14-12-22(13-15-23)28(29,30)31/h12-15,20-21,24,32-33H,5-11,16-19H2,1-4H3. The molecule has 11 heteroatoms. The van der Waals surface area contributed by atoms with Crippen LogP contribution in [-0.2, 0) is 36.2 Å². The molecular formula is C28H43F3N2O5S. The van der Waals surface area contributed by atoms with Crippen LogP contribution in [0.2, 0.25) is 0 Å². The molecule has 39 heavy (non-hydrogen) atoms. The van der Waals surface area contributed by atoms with E-state index in [1.807, 2.05) is 27.7 Å². The molecule has 1 aromatic carbocycles. The minimum Gasteiger partial charge on any atom is -0.465 e. The molecule has 4 atom stereocenters. The molecule has 1 aromatic rings. The summed E-state index contributed by atoms with van der Waals surface area (Å²) in [6.07, 6.45) is 0.384. The highest BCUT2D eigenvalue weighted by atomic mass is 32.2. The average molecular weight is 577 g/mol. The predicted octanol–water partition coefficient (Wildman–Crippen LogP) is 5.20.